The first-order valence-corrected chi connectivity index (χ1v) is 8.36. The highest BCUT2D eigenvalue weighted by Crippen LogP contribution is 2.20. The number of amides is 2. The number of nitrogen functional groups attached to an aromatic ring is 1. The van der Waals surface area contributed by atoms with Crippen LogP contribution in [0.2, 0.25) is 0 Å². The third kappa shape index (κ3) is 3.64. The predicted molar refractivity (Wildman–Crippen MR) is 89.2 cm³/mol. The average molecular weight is 332 g/mol. The number of rotatable bonds is 4. The van der Waals surface area contributed by atoms with Crippen LogP contribution in [0.25, 0.3) is 0 Å². The van der Waals surface area contributed by atoms with Crippen molar-refractivity contribution in [2.75, 3.05) is 25.4 Å². The van der Waals surface area contributed by atoms with Gasteiger partial charge < -0.3 is 21.3 Å². The Kier molecular flexibility index (Phi) is 4.66. The zero-order valence-corrected chi connectivity index (χ0v) is 14.1. The molecule has 8 heteroatoms. The van der Waals surface area contributed by atoms with Gasteiger partial charge in [0.25, 0.3) is 0 Å². The molecule has 0 radical (unpaired) electrons. The molecule has 8 nitrogen and oxygen atoms in total. The second kappa shape index (κ2) is 6.72. The summed E-state index contributed by atoms with van der Waals surface area (Å²) in [6, 6.07) is -0.173. The van der Waals surface area contributed by atoms with Gasteiger partial charge in [0.15, 0.2) is 0 Å². The summed E-state index contributed by atoms with van der Waals surface area (Å²) in [5, 5.41) is 6.18. The van der Waals surface area contributed by atoms with Gasteiger partial charge in [-0.1, -0.05) is 0 Å². The lowest BCUT2D eigenvalue weighted by Crippen LogP contribution is -2.60. The van der Waals surface area contributed by atoms with E-state index in [1.54, 1.807) is 4.90 Å². The molecule has 1 aromatic heterocycles. The molecule has 1 atom stereocenters. The first kappa shape index (κ1) is 16.6. The molecule has 0 spiro atoms. The maximum Gasteiger partial charge on any atom is 0.244 e. The van der Waals surface area contributed by atoms with Crippen LogP contribution in [0.5, 0.6) is 0 Å². The zero-order valence-electron chi connectivity index (χ0n) is 14.1. The SMILES string of the molecule is Cc1nc(N)nc(C)c1CC(=O)N1CCNCC1C(=O)NC1CC1. The third-order valence-electron chi connectivity index (χ3n) is 4.56. The normalized spacial score (nSPS) is 20.8. The minimum atomic E-state index is -0.456. The van der Waals surface area contributed by atoms with Crippen molar-refractivity contribution in [3.8, 4) is 0 Å². The quantitative estimate of drug-likeness (QED) is 0.672. The van der Waals surface area contributed by atoms with Crippen LogP contribution in [0.15, 0.2) is 0 Å². The molecule has 2 aliphatic rings. The molecule has 1 aliphatic heterocycles. The number of nitrogens with one attached hydrogen (secondary N) is 2. The van der Waals surface area contributed by atoms with Crippen molar-refractivity contribution in [1.82, 2.24) is 25.5 Å². The maximum absolute atomic E-state index is 12.8. The van der Waals surface area contributed by atoms with Gasteiger partial charge in [0, 0.05) is 42.6 Å². The van der Waals surface area contributed by atoms with Crippen molar-refractivity contribution < 1.29 is 9.59 Å². The van der Waals surface area contributed by atoms with E-state index in [9.17, 15) is 9.59 Å². The minimum Gasteiger partial charge on any atom is -0.368 e. The summed E-state index contributed by atoms with van der Waals surface area (Å²) >= 11 is 0. The molecule has 1 saturated carbocycles. The fraction of sp³-hybridized carbons (Fsp3) is 0.625. The highest BCUT2D eigenvalue weighted by molar-refractivity contribution is 5.89. The average Bonchev–Trinajstić information content (AvgIpc) is 3.34. The van der Waals surface area contributed by atoms with Gasteiger partial charge in [0.1, 0.15) is 6.04 Å². The lowest BCUT2D eigenvalue weighted by Gasteiger charge is -2.35. The summed E-state index contributed by atoms with van der Waals surface area (Å²) < 4.78 is 0. The molecule has 1 aromatic rings. The summed E-state index contributed by atoms with van der Waals surface area (Å²) in [7, 11) is 0. The standard InChI is InChI=1S/C16H24N6O2/c1-9-12(10(2)20-16(17)19-9)7-14(23)22-6-5-18-8-13(22)15(24)21-11-3-4-11/h11,13,18H,3-8H2,1-2H3,(H,21,24)(H2,17,19,20). The zero-order chi connectivity index (χ0) is 17.3. The Morgan fingerprint density at radius 1 is 1.29 bits per heavy atom. The van der Waals surface area contributed by atoms with Crippen molar-refractivity contribution in [1.29, 1.82) is 0 Å². The maximum atomic E-state index is 12.8. The van der Waals surface area contributed by atoms with Crippen molar-refractivity contribution in [2.24, 2.45) is 0 Å². The summed E-state index contributed by atoms with van der Waals surface area (Å²) in [6.45, 7) is 5.34. The highest BCUT2D eigenvalue weighted by Gasteiger charge is 2.35. The second-order valence-electron chi connectivity index (χ2n) is 6.50. The number of carbonyl (C=O) groups is 2. The Hall–Kier alpha value is -2.22. The number of anilines is 1. The van der Waals surface area contributed by atoms with Gasteiger partial charge >= 0.3 is 0 Å². The van der Waals surface area contributed by atoms with Crippen LogP contribution in [0.1, 0.15) is 29.8 Å². The molecule has 2 fully saturated rings. The monoisotopic (exact) mass is 332 g/mol. The van der Waals surface area contributed by atoms with E-state index < -0.39 is 6.04 Å². The van der Waals surface area contributed by atoms with Crippen LogP contribution in [0.4, 0.5) is 5.95 Å². The number of hydrogen-bond donors (Lipinski definition) is 3. The Balaban J connectivity index is 1.73. The van der Waals surface area contributed by atoms with Crippen LogP contribution < -0.4 is 16.4 Å². The molecule has 1 aliphatic carbocycles. The lowest BCUT2D eigenvalue weighted by molar-refractivity contribution is -0.141. The van der Waals surface area contributed by atoms with Crippen molar-refractivity contribution in [3.05, 3.63) is 17.0 Å². The Morgan fingerprint density at radius 3 is 2.58 bits per heavy atom. The van der Waals surface area contributed by atoms with Gasteiger partial charge in [-0.25, -0.2) is 9.97 Å². The number of carbonyl (C=O) groups excluding carboxylic acids is 2. The van der Waals surface area contributed by atoms with Crippen LogP contribution in [-0.4, -0.2) is 58.4 Å². The number of hydrogen-bond acceptors (Lipinski definition) is 6. The van der Waals surface area contributed by atoms with Crippen LogP contribution in [0.3, 0.4) is 0 Å². The molecule has 4 N–H and O–H groups in total. The fourth-order valence-electron chi connectivity index (χ4n) is 3.04. The summed E-state index contributed by atoms with van der Waals surface area (Å²) in [5.41, 5.74) is 7.84. The molecule has 3 rings (SSSR count). The van der Waals surface area contributed by atoms with Gasteiger partial charge in [-0.05, 0) is 26.7 Å². The van der Waals surface area contributed by atoms with Gasteiger partial charge in [-0.15, -0.1) is 0 Å². The Bertz CT molecular complexity index is 635. The van der Waals surface area contributed by atoms with Crippen molar-refractivity contribution in [3.63, 3.8) is 0 Å². The summed E-state index contributed by atoms with van der Waals surface area (Å²) in [6.07, 6.45) is 2.24. The number of nitrogens with zero attached hydrogens (tertiary/aromatic N) is 3. The minimum absolute atomic E-state index is 0.0694. The fourth-order valence-corrected chi connectivity index (χ4v) is 3.04. The molecule has 1 saturated heterocycles. The van der Waals surface area contributed by atoms with E-state index in [4.69, 9.17) is 5.73 Å². The summed E-state index contributed by atoms with van der Waals surface area (Å²) in [4.78, 5) is 35.2. The van der Waals surface area contributed by atoms with Crippen LogP contribution in [-0.2, 0) is 16.0 Å². The van der Waals surface area contributed by atoms with E-state index in [2.05, 4.69) is 20.6 Å². The first-order chi connectivity index (χ1) is 11.5. The highest BCUT2D eigenvalue weighted by atomic mass is 16.2. The van der Waals surface area contributed by atoms with E-state index in [1.165, 1.54) is 0 Å². The first-order valence-electron chi connectivity index (χ1n) is 8.36. The lowest BCUT2D eigenvalue weighted by atomic mass is 10.1. The number of piperazine rings is 1. The van der Waals surface area contributed by atoms with Gasteiger partial charge in [0.2, 0.25) is 17.8 Å². The van der Waals surface area contributed by atoms with Gasteiger partial charge in [-0.2, -0.15) is 0 Å². The molecule has 2 amide bonds. The molecular formula is C16H24N6O2. The number of aromatic nitrogens is 2. The number of aryl methyl sites for hydroxylation is 2. The van der Waals surface area contributed by atoms with Crippen LogP contribution in [0, 0.1) is 13.8 Å². The molecule has 0 bridgehead atoms. The van der Waals surface area contributed by atoms with Crippen molar-refractivity contribution in [2.45, 2.75) is 45.2 Å². The molecule has 2 heterocycles. The molecule has 130 valence electrons. The third-order valence-corrected chi connectivity index (χ3v) is 4.56. The Morgan fingerprint density at radius 2 is 1.96 bits per heavy atom. The Labute approximate surface area is 141 Å². The van der Waals surface area contributed by atoms with Crippen LogP contribution >= 0.6 is 0 Å². The molecule has 24 heavy (non-hydrogen) atoms. The van der Waals surface area contributed by atoms with Crippen molar-refractivity contribution >= 4 is 17.8 Å². The van der Waals surface area contributed by atoms with E-state index >= 15 is 0 Å². The van der Waals surface area contributed by atoms with Gasteiger partial charge in [-0.3, -0.25) is 9.59 Å². The largest absolute Gasteiger partial charge is 0.368 e. The topological polar surface area (TPSA) is 113 Å². The summed E-state index contributed by atoms with van der Waals surface area (Å²) in [5.74, 6) is 0.0668. The number of nitrogens with two attached hydrogens (primary N) is 1. The molecular weight excluding hydrogens is 308 g/mol. The predicted octanol–water partition coefficient (Wildman–Crippen LogP) is -0.703. The molecule has 1 unspecified atom stereocenters. The van der Waals surface area contributed by atoms with E-state index in [0.717, 1.165) is 18.4 Å². The van der Waals surface area contributed by atoms with E-state index in [1.807, 2.05) is 13.8 Å². The smallest absolute Gasteiger partial charge is 0.244 e. The van der Waals surface area contributed by atoms with Gasteiger partial charge in [0.05, 0.1) is 6.42 Å². The molecule has 0 aromatic carbocycles. The second-order valence-corrected chi connectivity index (χ2v) is 6.50. The van der Waals surface area contributed by atoms with E-state index in [0.29, 0.717) is 31.0 Å². The van der Waals surface area contributed by atoms with E-state index in [-0.39, 0.29) is 30.2 Å².